The molecule has 0 saturated heterocycles. The van der Waals surface area contributed by atoms with Crippen molar-refractivity contribution in [2.45, 2.75) is 24.9 Å². The number of terminal acetylenes is 1. The molecule has 2 aromatic rings. The van der Waals surface area contributed by atoms with Gasteiger partial charge in [-0.15, -0.1) is 6.42 Å². The zero-order valence-corrected chi connectivity index (χ0v) is 17.3. The number of amides is 1. The van der Waals surface area contributed by atoms with E-state index in [9.17, 15) is 45.8 Å². The number of esters is 1. The van der Waals surface area contributed by atoms with Gasteiger partial charge in [0.15, 0.2) is 5.92 Å². The molecule has 1 aliphatic rings. The Morgan fingerprint density at radius 3 is 2.26 bits per heavy atom. The monoisotopic (exact) mass is 487 g/mol. The van der Waals surface area contributed by atoms with Crippen LogP contribution in [-0.4, -0.2) is 48.3 Å². The second kappa shape index (κ2) is 8.32. The SMILES string of the molecule is C#CCN1C(=O)C(C(=O)OCC)C(O)(C(F)(F)F)c2cc(C(=O)C(F)(F)F)c3ccccc3c21. The van der Waals surface area contributed by atoms with Gasteiger partial charge in [-0.25, -0.2) is 0 Å². The number of hydrogen-bond donors (Lipinski definition) is 1. The van der Waals surface area contributed by atoms with Gasteiger partial charge in [-0.1, -0.05) is 30.2 Å². The number of Topliss-reactive ketones (excluding diaryl/α,β-unsaturated/α-hetero) is 1. The smallest absolute Gasteiger partial charge is 0.454 e. The summed E-state index contributed by atoms with van der Waals surface area (Å²) in [7, 11) is 0. The Balaban J connectivity index is 2.55. The van der Waals surface area contributed by atoms with E-state index in [4.69, 9.17) is 6.42 Å². The van der Waals surface area contributed by atoms with Crippen LogP contribution >= 0.6 is 0 Å². The average molecular weight is 487 g/mol. The molecule has 2 aromatic carbocycles. The van der Waals surface area contributed by atoms with E-state index in [1.54, 1.807) is 0 Å². The summed E-state index contributed by atoms with van der Waals surface area (Å²) < 4.78 is 87.4. The van der Waals surface area contributed by atoms with Crippen LogP contribution in [0.2, 0.25) is 0 Å². The van der Waals surface area contributed by atoms with E-state index in [1.807, 2.05) is 5.92 Å². The maximum Gasteiger partial charge on any atom is 0.454 e. The third-order valence-corrected chi connectivity index (χ3v) is 5.33. The topological polar surface area (TPSA) is 83.9 Å². The summed E-state index contributed by atoms with van der Waals surface area (Å²) in [4.78, 5) is 38.2. The normalized spacial score (nSPS) is 20.6. The first-order valence-electron chi connectivity index (χ1n) is 9.60. The third-order valence-electron chi connectivity index (χ3n) is 5.33. The van der Waals surface area contributed by atoms with Gasteiger partial charge < -0.3 is 9.84 Å². The largest absolute Gasteiger partial charge is 0.465 e. The van der Waals surface area contributed by atoms with Crippen molar-refractivity contribution in [2.75, 3.05) is 18.1 Å². The molecule has 0 radical (unpaired) electrons. The highest BCUT2D eigenvalue weighted by Crippen LogP contribution is 2.54. The van der Waals surface area contributed by atoms with Crippen LogP contribution in [-0.2, 0) is 19.9 Å². The van der Waals surface area contributed by atoms with Gasteiger partial charge in [-0.05, 0) is 18.4 Å². The molecule has 0 aliphatic carbocycles. The number of carbonyl (C=O) groups excluding carboxylic acids is 3. The zero-order valence-electron chi connectivity index (χ0n) is 17.3. The number of carbonyl (C=O) groups is 3. The molecule has 6 nitrogen and oxygen atoms in total. The first-order chi connectivity index (χ1) is 15.7. The van der Waals surface area contributed by atoms with E-state index in [2.05, 4.69) is 4.74 Å². The summed E-state index contributed by atoms with van der Waals surface area (Å²) in [6, 6.07) is 4.78. The van der Waals surface area contributed by atoms with Crippen LogP contribution in [0.15, 0.2) is 30.3 Å². The molecule has 180 valence electrons. The molecular weight excluding hydrogens is 472 g/mol. The standard InChI is InChI=1S/C22H15F6NO5/c1-3-9-29-16-12-8-6-5-7-11(12)13(17(30)21(23,24)25)10-14(16)20(33,22(26,27)28)15(18(29)31)19(32)34-4-2/h1,5-8,10,15,33H,4,9H2,2H3. The minimum absolute atomic E-state index is 0.198. The number of fused-ring (bicyclic) bond motifs is 3. The number of nitrogens with zero attached hydrogens (tertiary/aromatic N) is 1. The molecule has 1 heterocycles. The van der Waals surface area contributed by atoms with E-state index in [-0.39, 0.29) is 11.5 Å². The van der Waals surface area contributed by atoms with Crippen molar-refractivity contribution in [3.63, 3.8) is 0 Å². The van der Waals surface area contributed by atoms with Gasteiger partial charge >= 0.3 is 18.3 Å². The quantitative estimate of drug-likeness (QED) is 0.235. The predicted octanol–water partition coefficient (Wildman–Crippen LogP) is 3.49. The Hall–Kier alpha value is -3.59. The number of benzene rings is 2. The van der Waals surface area contributed by atoms with E-state index in [0.29, 0.717) is 4.90 Å². The van der Waals surface area contributed by atoms with Crippen LogP contribution in [0.4, 0.5) is 32.0 Å². The van der Waals surface area contributed by atoms with Crippen molar-refractivity contribution >= 4 is 34.1 Å². The summed E-state index contributed by atoms with van der Waals surface area (Å²) in [6.07, 6.45) is -5.98. The lowest BCUT2D eigenvalue weighted by Gasteiger charge is -2.44. The molecule has 12 heteroatoms. The number of aliphatic hydroxyl groups is 1. The molecule has 34 heavy (non-hydrogen) atoms. The number of hydrogen-bond acceptors (Lipinski definition) is 5. The Morgan fingerprint density at radius 2 is 1.76 bits per heavy atom. The molecule has 3 rings (SSSR count). The van der Waals surface area contributed by atoms with Gasteiger partial charge in [0.1, 0.15) is 0 Å². The molecule has 0 bridgehead atoms. The molecule has 0 fully saturated rings. The minimum atomic E-state index is -5.75. The predicted molar refractivity (Wildman–Crippen MR) is 106 cm³/mol. The maximum absolute atomic E-state index is 14.3. The number of alkyl halides is 6. The lowest BCUT2D eigenvalue weighted by Crippen LogP contribution is -2.61. The second-order valence-corrected chi connectivity index (χ2v) is 7.27. The minimum Gasteiger partial charge on any atom is -0.465 e. The summed E-state index contributed by atoms with van der Waals surface area (Å²) in [5, 5.41) is 10.1. The Labute approximate surface area is 188 Å². The highest BCUT2D eigenvalue weighted by atomic mass is 19.4. The van der Waals surface area contributed by atoms with Crippen LogP contribution in [0, 0.1) is 18.3 Å². The fraction of sp³-hybridized carbons (Fsp3) is 0.318. The van der Waals surface area contributed by atoms with Crippen molar-refractivity contribution in [3.8, 4) is 12.3 Å². The molecule has 2 atom stereocenters. The lowest BCUT2D eigenvalue weighted by atomic mass is 9.73. The first-order valence-corrected chi connectivity index (χ1v) is 9.60. The van der Waals surface area contributed by atoms with Crippen LogP contribution in [0.1, 0.15) is 22.8 Å². The van der Waals surface area contributed by atoms with E-state index in [0.717, 1.165) is 12.1 Å². The summed E-state index contributed by atoms with van der Waals surface area (Å²) in [5.74, 6) is -6.72. The molecule has 1 amide bonds. The van der Waals surface area contributed by atoms with E-state index < -0.39 is 76.9 Å². The Bertz CT molecular complexity index is 1230. The molecule has 1 aliphatic heterocycles. The van der Waals surface area contributed by atoms with Crippen LogP contribution in [0.5, 0.6) is 0 Å². The van der Waals surface area contributed by atoms with Gasteiger partial charge in [-0.3, -0.25) is 19.3 Å². The van der Waals surface area contributed by atoms with Crippen molar-refractivity contribution < 1.29 is 50.6 Å². The molecule has 0 spiro atoms. The van der Waals surface area contributed by atoms with E-state index >= 15 is 0 Å². The fourth-order valence-electron chi connectivity index (χ4n) is 3.94. The molecule has 0 aromatic heterocycles. The molecular formula is C22H15F6NO5. The summed E-state index contributed by atoms with van der Waals surface area (Å²) >= 11 is 0. The average Bonchev–Trinajstić information content (AvgIpc) is 2.74. The van der Waals surface area contributed by atoms with Gasteiger partial charge in [0.05, 0.1) is 18.8 Å². The number of ether oxygens (including phenoxy) is 1. The van der Waals surface area contributed by atoms with Crippen LogP contribution in [0.25, 0.3) is 10.8 Å². The lowest BCUT2D eigenvalue weighted by molar-refractivity contribution is -0.284. The van der Waals surface area contributed by atoms with E-state index in [1.165, 1.54) is 19.1 Å². The van der Waals surface area contributed by atoms with Gasteiger partial charge in [0.2, 0.25) is 11.5 Å². The number of halogens is 6. The molecule has 2 unspecified atom stereocenters. The van der Waals surface area contributed by atoms with Crippen molar-refractivity contribution in [3.05, 3.63) is 41.5 Å². The summed E-state index contributed by atoms with van der Waals surface area (Å²) in [5.41, 5.74) is -7.50. The highest BCUT2D eigenvalue weighted by Gasteiger charge is 2.69. The van der Waals surface area contributed by atoms with Crippen molar-refractivity contribution in [2.24, 2.45) is 5.92 Å². The highest BCUT2D eigenvalue weighted by molar-refractivity contribution is 6.19. The third kappa shape index (κ3) is 3.66. The number of rotatable bonds is 4. The number of anilines is 1. The Kier molecular flexibility index (Phi) is 6.13. The van der Waals surface area contributed by atoms with Gasteiger partial charge in [0.25, 0.3) is 5.78 Å². The van der Waals surface area contributed by atoms with Crippen molar-refractivity contribution in [1.82, 2.24) is 0 Å². The zero-order chi connectivity index (χ0) is 25.6. The van der Waals surface area contributed by atoms with Crippen LogP contribution < -0.4 is 4.90 Å². The van der Waals surface area contributed by atoms with Crippen molar-refractivity contribution in [1.29, 1.82) is 0 Å². The number of ketones is 1. The Morgan fingerprint density at radius 1 is 1.18 bits per heavy atom. The second-order valence-electron chi connectivity index (χ2n) is 7.27. The fourth-order valence-corrected chi connectivity index (χ4v) is 3.94. The molecule has 0 saturated carbocycles. The molecule has 1 N–H and O–H groups in total. The van der Waals surface area contributed by atoms with Gasteiger partial charge in [-0.2, -0.15) is 26.3 Å². The summed E-state index contributed by atoms with van der Waals surface area (Å²) in [6.45, 7) is 0.0823. The maximum atomic E-state index is 14.3. The first kappa shape index (κ1) is 25.0. The van der Waals surface area contributed by atoms with Gasteiger partial charge in [0, 0.05) is 16.5 Å². The van der Waals surface area contributed by atoms with Crippen LogP contribution in [0.3, 0.4) is 0 Å².